The van der Waals surface area contributed by atoms with Crippen LogP contribution in [0.15, 0.2) is 30.3 Å². The molecular formula is C20H31NO3Si. The van der Waals surface area contributed by atoms with E-state index in [0.29, 0.717) is 19.6 Å². The SMILES string of the molecule is COC(=O)N(C#CCCCO[Si](C)(C)C(C)(C)C)Cc1ccccc1. The van der Waals surface area contributed by atoms with E-state index in [-0.39, 0.29) is 5.04 Å². The lowest BCUT2D eigenvalue weighted by Gasteiger charge is -2.36. The lowest BCUT2D eigenvalue weighted by Crippen LogP contribution is -2.40. The Labute approximate surface area is 153 Å². The largest absolute Gasteiger partial charge is 0.452 e. The number of rotatable bonds is 6. The molecule has 0 atom stereocenters. The third kappa shape index (κ3) is 7.33. The second kappa shape index (κ2) is 9.64. The highest BCUT2D eigenvalue weighted by Gasteiger charge is 2.36. The molecular weight excluding hydrogens is 330 g/mol. The van der Waals surface area contributed by atoms with Crippen LogP contribution in [0.5, 0.6) is 0 Å². The summed E-state index contributed by atoms with van der Waals surface area (Å²) in [6.07, 6.45) is 1.12. The van der Waals surface area contributed by atoms with Crippen LogP contribution < -0.4 is 0 Å². The molecule has 25 heavy (non-hydrogen) atoms. The number of hydrogen-bond donors (Lipinski definition) is 0. The molecule has 0 heterocycles. The fraction of sp³-hybridized carbons (Fsp3) is 0.550. The van der Waals surface area contributed by atoms with Gasteiger partial charge in [-0.2, -0.15) is 0 Å². The van der Waals surface area contributed by atoms with Crippen molar-refractivity contribution in [2.45, 2.75) is 58.3 Å². The standard InChI is InChI=1S/C20H31NO3Si/c1-20(2,3)25(5,6)24-16-12-8-11-15-21(19(22)23-4)17-18-13-9-7-10-14-18/h7,9-10,13-14H,8,12,16-17H2,1-6H3. The van der Waals surface area contributed by atoms with Crippen molar-refractivity contribution >= 4 is 14.4 Å². The van der Waals surface area contributed by atoms with Gasteiger partial charge in [-0.15, -0.1) is 0 Å². The van der Waals surface area contributed by atoms with Crippen molar-refractivity contribution in [1.82, 2.24) is 4.90 Å². The molecule has 1 amide bonds. The summed E-state index contributed by atoms with van der Waals surface area (Å²) < 4.78 is 10.9. The summed E-state index contributed by atoms with van der Waals surface area (Å²) in [4.78, 5) is 13.3. The van der Waals surface area contributed by atoms with Gasteiger partial charge in [0.1, 0.15) is 0 Å². The molecule has 0 saturated heterocycles. The maximum atomic E-state index is 11.9. The van der Waals surface area contributed by atoms with Gasteiger partial charge in [0.2, 0.25) is 0 Å². The molecule has 1 aromatic carbocycles. The maximum Gasteiger partial charge on any atom is 0.421 e. The Hall–Kier alpha value is -1.77. The van der Waals surface area contributed by atoms with Crippen LogP contribution in [0.1, 0.15) is 39.2 Å². The van der Waals surface area contributed by atoms with E-state index in [9.17, 15) is 4.79 Å². The van der Waals surface area contributed by atoms with Crippen LogP contribution in [-0.4, -0.2) is 33.0 Å². The lowest BCUT2D eigenvalue weighted by molar-refractivity contribution is 0.141. The van der Waals surface area contributed by atoms with Crippen molar-refractivity contribution in [1.29, 1.82) is 0 Å². The second-order valence-electron chi connectivity index (χ2n) is 7.54. The third-order valence-corrected chi connectivity index (χ3v) is 9.05. The smallest absolute Gasteiger partial charge is 0.421 e. The summed E-state index contributed by atoms with van der Waals surface area (Å²) in [7, 11) is -0.324. The number of hydrogen-bond acceptors (Lipinski definition) is 3. The first-order valence-corrected chi connectivity index (χ1v) is 11.6. The summed E-state index contributed by atoms with van der Waals surface area (Å²) in [5, 5.41) is 0.218. The van der Waals surface area contributed by atoms with Gasteiger partial charge in [0, 0.05) is 19.1 Å². The highest BCUT2D eigenvalue weighted by Crippen LogP contribution is 2.36. The molecule has 0 bridgehead atoms. The average molecular weight is 362 g/mol. The van der Waals surface area contributed by atoms with Crippen molar-refractivity contribution in [3.05, 3.63) is 35.9 Å². The van der Waals surface area contributed by atoms with Crippen LogP contribution >= 0.6 is 0 Å². The van der Waals surface area contributed by atoms with E-state index in [0.717, 1.165) is 12.0 Å². The highest BCUT2D eigenvalue weighted by atomic mass is 28.4. The van der Waals surface area contributed by atoms with E-state index in [1.807, 2.05) is 30.3 Å². The zero-order chi connectivity index (χ0) is 18.9. The molecule has 0 fully saturated rings. The van der Waals surface area contributed by atoms with Crippen LogP contribution in [0.25, 0.3) is 0 Å². The highest BCUT2D eigenvalue weighted by molar-refractivity contribution is 6.74. The van der Waals surface area contributed by atoms with Gasteiger partial charge in [-0.05, 0) is 30.1 Å². The molecule has 0 aliphatic heterocycles. The van der Waals surface area contributed by atoms with E-state index in [1.165, 1.54) is 12.0 Å². The van der Waals surface area contributed by atoms with E-state index in [1.54, 1.807) is 0 Å². The number of benzene rings is 1. The molecule has 0 N–H and O–H groups in total. The van der Waals surface area contributed by atoms with Gasteiger partial charge < -0.3 is 9.16 Å². The van der Waals surface area contributed by atoms with Crippen molar-refractivity contribution < 1.29 is 14.0 Å². The van der Waals surface area contributed by atoms with Gasteiger partial charge in [0.05, 0.1) is 13.7 Å². The summed E-state index contributed by atoms with van der Waals surface area (Å²) in [5.74, 6) is 3.06. The van der Waals surface area contributed by atoms with Crippen LogP contribution in [0.2, 0.25) is 18.1 Å². The monoisotopic (exact) mass is 361 g/mol. The number of nitrogens with zero attached hydrogens (tertiary/aromatic N) is 1. The van der Waals surface area contributed by atoms with Crippen molar-refractivity contribution in [3.63, 3.8) is 0 Å². The van der Waals surface area contributed by atoms with Gasteiger partial charge in [-0.25, -0.2) is 9.69 Å². The zero-order valence-corrected chi connectivity index (χ0v) is 17.4. The molecule has 0 spiro atoms. The molecule has 4 nitrogen and oxygen atoms in total. The van der Waals surface area contributed by atoms with E-state index in [4.69, 9.17) is 9.16 Å². The zero-order valence-electron chi connectivity index (χ0n) is 16.4. The van der Waals surface area contributed by atoms with Crippen molar-refractivity contribution in [3.8, 4) is 12.0 Å². The first-order chi connectivity index (χ1) is 11.7. The van der Waals surface area contributed by atoms with Crippen LogP contribution in [0, 0.1) is 12.0 Å². The number of carbonyl (C=O) groups excluding carboxylic acids is 1. The van der Waals surface area contributed by atoms with Crippen LogP contribution in [0.4, 0.5) is 4.79 Å². The quantitative estimate of drug-likeness (QED) is 0.309. The van der Waals surface area contributed by atoms with E-state index < -0.39 is 14.4 Å². The first kappa shape index (κ1) is 21.3. The van der Waals surface area contributed by atoms with Crippen LogP contribution in [-0.2, 0) is 15.7 Å². The Bertz CT molecular complexity index is 597. The Morgan fingerprint density at radius 1 is 1.20 bits per heavy atom. The molecule has 0 aromatic heterocycles. The Kier molecular flexibility index (Phi) is 8.20. The molecule has 1 rings (SSSR count). The number of amides is 1. The topological polar surface area (TPSA) is 38.8 Å². The lowest BCUT2D eigenvalue weighted by atomic mass is 10.2. The predicted octanol–water partition coefficient (Wildman–Crippen LogP) is 5.02. The summed E-state index contributed by atoms with van der Waals surface area (Å²) in [6.45, 7) is 12.3. The second-order valence-corrected chi connectivity index (χ2v) is 12.4. The Morgan fingerprint density at radius 3 is 2.40 bits per heavy atom. The third-order valence-electron chi connectivity index (χ3n) is 4.51. The predicted molar refractivity (Wildman–Crippen MR) is 105 cm³/mol. The molecule has 138 valence electrons. The minimum absolute atomic E-state index is 0.218. The molecule has 0 radical (unpaired) electrons. The van der Waals surface area contributed by atoms with Gasteiger partial charge in [0.15, 0.2) is 8.32 Å². The molecule has 1 aromatic rings. The van der Waals surface area contributed by atoms with Gasteiger partial charge in [-0.3, -0.25) is 0 Å². The van der Waals surface area contributed by atoms with E-state index >= 15 is 0 Å². The van der Waals surface area contributed by atoms with Gasteiger partial charge >= 0.3 is 6.09 Å². The number of methoxy groups -OCH3 is 1. The van der Waals surface area contributed by atoms with E-state index in [2.05, 4.69) is 45.8 Å². The molecule has 0 unspecified atom stereocenters. The fourth-order valence-electron chi connectivity index (χ4n) is 1.88. The number of unbranched alkanes of at least 4 members (excludes halogenated alkanes) is 1. The summed E-state index contributed by atoms with van der Waals surface area (Å²) >= 11 is 0. The molecule has 0 saturated carbocycles. The Balaban J connectivity index is 2.50. The van der Waals surface area contributed by atoms with Crippen molar-refractivity contribution in [2.75, 3.05) is 13.7 Å². The minimum Gasteiger partial charge on any atom is -0.452 e. The molecule has 5 heteroatoms. The fourth-order valence-corrected chi connectivity index (χ4v) is 2.97. The number of carbonyl (C=O) groups is 1. The minimum atomic E-state index is -1.69. The normalized spacial score (nSPS) is 11.4. The maximum absolute atomic E-state index is 11.9. The first-order valence-electron chi connectivity index (χ1n) is 8.69. The molecule has 0 aliphatic rings. The van der Waals surface area contributed by atoms with Crippen LogP contribution in [0.3, 0.4) is 0 Å². The summed E-state index contributed by atoms with van der Waals surface area (Å²) in [5.41, 5.74) is 1.02. The van der Waals surface area contributed by atoms with Gasteiger partial charge in [0.25, 0.3) is 0 Å². The Morgan fingerprint density at radius 2 is 1.84 bits per heavy atom. The number of ether oxygens (including phenoxy) is 1. The van der Waals surface area contributed by atoms with Crippen molar-refractivity contribution in [2.24, 2.45) is 0 Å². The summed E-state index contributed by atoms with van der Waals surface area (Å²) in [6, 6.07) is 12.7. The van der Waals surface area contributed by atoms with Gasteiger partial charge in [-0.1, -0.05) is 57.0 Å². The average Bonchev–Trinajstić information content (AvgIpc) is 2.56. The molecule has 0 aliphatic carbocycles.